The third-order valence-corrected chi connectivity index (χ3v) is 3.98. The third-order valence-electron chi connectivity index (χ3n) is 3.98. The molecule has 1 aliphatic rings. The Bertz CT molecular complexity index is 381. The van der Waals surface area contributed by atoms with Gasteiger partial charge in [-0.15, -0.1) is 0 Å². The fourth-order valence-corrected chi connectivity index (χ4v) is 2.98. The van der Waals surface area contributed by atoms with Crippen LogP contribution in [-0.2, 0) is 0 Å². The summed E-state index contributed by atoms with van der Waals surface area (Å²) < 4.78 is 0. The van der Waals surface area contributed by atoms with Crippen LogP contribution in [0.4, 0.5) is 0 Å². The first-order chi connectivity index (χ1) is 8.00. The summed E-state index contributed by atoms with van der Waals surface area (Å²) in [6, 6.07) is 8.56. The van der Waals surface area contributed by atoms with E-state index in [0.717, 1.165) is 19.5 Å². The molecule has 1 fully saturated rings. The van der Waals surface area contributed by atoms with Crippen LogP contribution in [0.15, 0.2) is 24.3 Å². The minimum atomic E-state index is -0.625. The van der Waals surface area contributed by atoms with Crippen molar-refractivity contribution in [3.8, 4) is 0 Å². The van der Waals surface area contributed by atoms with Gasteiger partial charge in [0.2, 0.25) is 0 Å². The van der Waals surface area contributed by atoms with Gasteiger partial charge in [-0.1, -0.05) is 24.3 Å². The number of benzene rings is 1. The first kappa shape index (κ1) is 12.6. The zero-order valence-corrected chi connectivity index (χ0v) is 11.0. The van der Waals surface area contributed by atoms with Crippen LogP contribution in [0.2, 0.25) is 0 Å². The number of hydrogen-bond acceptors (Lipinski definition) is 2. The van der Waals surface area contributed by atoms with Gasteiger partial charge in [-0.05, 0) is 50.8 Å². The van der Waals surface area contributed by atoms with Crippen LogP contribution in [0, 0.1) is 12.8 Å². The Balaban J connectivity index is 2.32. The Morgan fingerprint density at radius 2 is 2.00 bits per heavy atom. The number of aliphatic hydroxyl groups is 1. The second-order valence-corrected chi connectivity index (χ2v) is 5.72. The van der Waals surface area contributed by atoms with E-state index < -0.39 is 5.60 Å². The molecule has 2 N–H and O–H groups in total. The van der Waals surface area contributed by atoms with Crippen molar-refractivity contribution in [3.05, 3.63) is 35.4 Å². The predicted octanol–water partition coefficient (Wildman–Crippen LogP) is 2.46. The zero-order valence-electron chi connectivity index (χ0n) is 11.0. The Labute approximate surface area is 104 Å². The first-order valence-electron chi connectivity index (χ1n) is 6.49. The lowest BCUT2D eigenvalue weighted by Gasteiger charge is -2.40. The Morgan fingerprint density at radius 1 is 1.29 bits per heavy atom. The molecule has 1 saturated heterocycles. The minimum Gasteiger partial charge on any atom is -0.390 e. The average Bonchev–Trinajstić information content (AvgIpc) is 2.28. The Kier molecular flexibility index (Phi) is 3.55. The molecule has 2 rings (SSSR count). The van der Waals surface area contributed by atoms with Crippen molar-refractivity contribution in [1.82, 2.24) is 5.32 Å². The van der Waals surface area contributed by atoms with Crippen molar-refractivity contribution in [2.75, 3.05) is 13.1 Å². The lowest BCUT2D eigenvalue weighted by molar-refractivity contribution is -0.00351. The van der Waals surface area contributed by atoms with E-state index in [-0.39, 0.29) is 5.92 Å². The minimum absolute atomic E-state index is 0.289. The van der Waals surface area contributed by atoms with Crippen LogP contribution in [0.25, 0.3) is 0 Å². The smallest absolute Gasteiger partial charge is 0.0637 e. The molecule has 0 amide bonds. The van der Waals surface area contributed by atoms with Gasteiger partial charge in [0.05, 0.1) is 5.60 Å². The molecular formula is C15H23NO. The second-order valence-electron chi connectivity index (χ2n) is 5.72. The van der Waals surface area contributed by atoms with Crippen LogP contribution in [0.5, 0.6) is 0 Å². The first-order valence-corrected chi connectivity index (χ1v) is 6.49. The molecule has 1 aliphatic heterocycles. The van der Waals surface area contributed by atoms with Crippen LogP contribution in [0.3, 0.4) is 0 Å². The summed E-state index contributed by atoms with van der Waals surface area (Å²) in [5, 5.41) is 13.7. The third kappa shape index (κ3) is 2.70. The predicted molar refractivity (Wildman–Crippen MR) is 71.2 cm³/mol. The number of nitrogens with one attached hydrogen (secondary N) is 1. The van der Waals surface area contributed by atoms with Gasteiger partial charge in [0, 0.05) is 12.5 Å². The lowest BCUT2D eigenvalue weighted by atomic mass is 9.72. The fraction of sp³-hybridized carbons (Fsp3) is 0.600. The van der Waals surface area contributed by atoms with E-state index in [1.54, 1.807) is 0 Å². The Hall–Kier alpha value is -0.860. The molecule has 94 valence electrons. The molecule has 2 nitrogen and oxygen atoms in total. The van der Waals surface area contributed by atoms with Gasteiger partial charge in [-0.3, -0.25) is 0 Å². The molecule has 0 bridgehead atoms. The van der Waals surface area contributed by atoms with E-state index in [2.05, 4.69) is 36.5 Å². The van der Waals surface area contributed by atoms with Gasteiger partial charge in [0.1, 0.15) is 0 Å². The van der Waals surface area contributed by atoms with Crippen molar-refractivity contribution in [2.24, 2.45) is 5.92 Å². The highest BCUT2D eigenvalue weighted by molar-refractivity contribution is 5.30. The zero-order chi connectivity index (χ0) is 12.5. The summed E-state index contributed by atoms with van der Waals surface area (Å²) in [5.41, 5.74) is 2.12. The molecule has 1 aromatic rings. The monoisotopic (exact) mass is 233 g/mol. The van der Waals surface area contributed by atoms with Gasteiger partial charge in [0.15, 0.2) is 0 Å². The van der Waals surface area contributed by atoms with E-state index in [4.69, 9.17) is 0 Å². The van der Waals surface area contributed by atoms with Gasteiger partial charge < -0.3 is 10.4 Å². The fourth-order valence-electron chi connectivity index (χ4n) is 2.98. The van der Waals surface area contributed by atoms with E-state index in [1.165, 1.54) is 11.1 Å². The molecule has 0 saturated carbocycles. The van der Waals surface area contributed by atoms with Gasteiger partial charge in [-0.25, -0.2) is 0 Å². The summed E-state index contributed by atoms with van der Waals surface area (Å²) in [6.07, 6.45) is 1.11. The highest BCUT2D eigenvalue weighted by Gasteiger charge is 2.36. The quantitative estimate of drug-likeness (QED) is 0.822. The van der Waals surface area contributed by atoms with Crippen molar-refractivity contribution < 1.29 is 5.11 Å². The van der Waals surface area contributed by atoms with Gasteiger partial charge in [0.25, 0.3) is 0 Å². The molecule has 0 aromatic heterocycles. The van der Waals surface area contributed by atoms with Crippen molar-refractivity contribution in [2.45, 2.75) is 38.7 Å². The summed E-state index contributed by atoms with van der Waals surface area (Å²) in [4.78, 5) is 0. The summed E-state index contributed by atoms with van der Waals surface area (Å²) in [6.45, 7) is 7.97. The maximum absolute atomic E-state index is 10.3. The van der Waals surface area contributed by atoms with E-state index in [0.29, 0.717) is 5.92 Å². The number of aryl methyl sites for hydroxylation is 1. The SMILES string of the molecule is Cc1ccccc1[C@@H]1CCNC[C@H]1C(C)(C)O. The van der Waals surface area contributed by atoms with Gasteiger partial charge in [-0.2, -0.15) is 0 Å². The van der Waals surface area contributed by atoms with Crippen molar-refractivity contribution >= 4 is 0 Å². The number of piperidine rings is 1. The largest absolute Gasteiger partial charge is 0.390 e. The van der Waals surface area contributed by atoms with Crippen molar-refractivity contribution in [1.29, 1.82) is 0 Å². The lowest BCUT2D eigenvalue weighted by Crippen LogP contribution is -2.46. The second kappa shape index (κ2) is 4.79. The Morgan fingerprint density at radius 3 is 2.65 bits per heavy atom. The molecule has 0 unspecified atom stereocenters. The van der Waals surface area contributed by atoms with E-state index >= 15 is 0 Å². The highest BCUT2D eigenvalue weighted by Crippen LogP contribution is 2.37. The summed E-state index contributed by atoms with van der Waals surface area (Å²) >= 11 is 0. The molecule has 2 heteroatoms. The normalized spacial score (nSPS) is 25.9. The summed E-state index contributed by atoms with van der Waals surface area (Å²) in [5.74, 6) is 0.759. The maximum atomic E-state index is 10.3. The van der Waals surface area contributed by atoms with Crippen molar-refractivity contribution in [3.63, 3.8) is 0 Å². The maximum Gasteiger partial charge on any atom is 0.0637 e. The van der Waals surface area contributed by atoms with Crippen LogP contribution in [-0.4, -0.2) is 23.8 Å². The van der Waals surface area contributed by atoms with Gasteiger partial charge >= 0.3 is 0 Å². The molecule has 0 radical (unpaired) electrons. The van der Waals surface area contributed by atoms with Crippen LogP contribution >= 0.6 is 0 Å². The molecule has 0 aliphatic carbocycles. The molecule has 1 heterocycles. The molecule has 0 spiro atoms. The molecular weight excluding hydrogens is 210 g/mol. The number of hydrogen-bond donors (Lipinski definition) is 2. The van der Waals surface area contributed by atoms with Crippen LogP contribution in [0.1, 0.15) is 37.3 Å². The summed E-state index contributed by atoms with van der Waals surface area (Å²) in [7, 11) is 0. The highest BCUT2D eigenvalue weighted by atomic mass is 16.3. The topological polar surface area (TPSA) is 32.3 Å². The molecule has 17 heavy (non-hydrogen) atoms. The standard InChI is InChI=1S/C15H23NO/c1-11-6-4-5-7-12(11)13-8-9-16-10-14(13)15(2,3)17/h4-7,13-14,16-17H,8-10H2,1-3H3/t13-,14+/m0/s1. The molecule has 1 aromatic carbocycles. The molecule has 2 atom stereocenters. The van der Waals surface area contributed by atoms with E-state index in [9.17, 15) is 5.11 Å². The average molecular weight is 233 g/mol. The van der Waals surface area contributed by atoms with Crippen LogP contribution < -0.4 is 5.32 Å². The van der Waals surface area contributed by atoms with E-state index in [1.807, 2.05) is 13.8 Å². The number of rotatable bonds is 2.